The molecular formula is C19H18N4OS. The van der Waals surface area contributed by atoms with Gasteiger partial charge in [0.25, 0.3) is 0 Å². The average Bonchev–Trinajstić information content (AvgIpc) is 3.01. The first-order chi connectivity index (χ1) is 12.1. The smallest absolute Gasteiger partial charge is 0.174 e. The molecule has 3 aromatic heterocycles. The van der Waals surface area contributed by atoms with E-state index in [-0.39, 0.29) is 0 Å². The number of hydrogen-bond donors (Lipinski definition) is 1. The van der Waals surface area contributed by atoms with Gasteiger partial charge in [0.05, 0.1) is 11.6 Å². The van der Waals surface area contributed by atoms with Crippen molar-refractivity contribution in [3.63, 3.8) is 0 Å². The minimum Gasteiger partial charge on any atom is -0.490 e. The van der Waals surface area contributed by atoms with Crippen LogP contribution in [0.15, 0.2) is 35.8 Å². The van der Waals surface area contributed by atoms with Crippen LogP contribution >= 0.6 is 11.3 Å². The SMILES string of the molecule is CCOc1cc(C#Cc2csc(C)n2)cnc1Nc1cccc(C)n1. The van der Waals surface area contributed by atoms with Crippen molar-refractivity contribution in [1.82, 2.24) is 15.0 Å². The summed E-state index contributed by atoms with van der Waals surface area (Å²) >= 11 is 1.58. The lowest BCUT2D eigenvalue weighted by atomic mass is 10.2. The predicted molar refractivity (Wildman–Crippen MR) is 100 cm³/mol. The molecule has 0 saturated carbocycles. The van der Waals surface area contributed by atoms with E-state index >= 15 is 0 Å². The second-order valence-electron chi connectivity index (χ2n) is 5.29. The number of hydrogen-bond acceptors (Lipinski definition) is 6. The largest absolute Gasteiger partial charge is 0.490 e. The molecule has 25 heavy (non-hydrogen) atoms. The van der Waals surface area contributed by atoms with E-state index in [1.165, 1.54) is 0 Å². The van der Waals surface area contributed by atoms with Crippen LogP contribution in [0.2, 0.25) is 0 Å². The van der Waals surface area contributed by atoms with Crippen LogP contribution in [0, 0.1) is 25.7 Å². The van der Waals surface area contributed by atoms with Gasteiger partial charge >= 0.3 is 0 Å². The highest BCUT2D eigenvalue weighted by Gasteiger charge is 2.07. The van der Waals surface area contributed by atoms with Gasteiger partial charge < -0.3 is 10.1 Å². The molecule has 0 bridgehead atoms. The van der Waals surface area contributed by atoms with Crippen molar-refractivity contribution >= 4 is 23.0 Å². The Labute approximate surface area is 151 Å². The molecule has 0 aliphatic carbocycles. The van der Waals surface area contributed by atoms with E-state index in [1.807, 2.05) is 50.4 Å². The summed E-state index contributed by atoms with van der Waals surface area (Å²) in [7, 11) is 0. The topological polar surface area (TPSA) is 59.9 Å². The van der Waals surface area contributed by atoms with Gasteiger partial charge in [-0.05, 0) is 38.8 Å². The number of aromatic nitrogens is 3. The Hall–Kier alpha value is -2.91. The van der Waals surface area contributed by atoms with Crippen molar-refractivity contribution in [1.29, 1.82) is 0 Å². The highest BCUT2D eigenvalue weighted by molar-refractivity contribution is 7.09. The molecule has 0 spiro atoms. The van der Waals surface area contributed by atoms with E-state index < -0.39 is 0 Å². The molecule has 5 nitrogen and oxygen atoms in total. The van der Waals surface area contributed by atoms with Crippen molar-refractivity contribution in [2.24, 2.45) is 0 Å². The van der Waals surface area contributed by atoms with Crippen LogP contribution in [-0.2, 0) is 0 Å². The van der Waals surface area contributed by atoms with Crippen LogP contribution in [-0.4, -0.2) is 21.6 Å². The summed E-state index contributed by atoms with van der Waals surface area (Å²) < 4.78 is 5.70. The van der Waals surface area contributed by atoms with Gasteiger partial charge in [-0.2, -0.15) is 0 Å². The summed E-state index contributed by atoms with van der Waals surface area (Å²) in [5.74, 6) is 8.12. The summed E-state index contributed by atoms with van der Waals surface area (Å²) in [4.78, 5) is 13.2. The molecule has 0 unspecified atom stereocenters. The number of nitrogens with zero attached hydrogens (tertiary/aromatic N) is 3. The molecule has 0 aliphatic heterocycles. The van der Waals surface area contributed by atoms with Gasteiger partial charge in [0.15, 0.2) is 11.6 Å². The zero-order chi connectivity index (χ0) is 17.6. The van der Waals surface area contributed by atoms with Gasteiger partial charge in [-0.15, -0.1) is 11.3 Å². The fourth-order valence-corrected chi connectivity index (χ4v) is 2.71. The van der Waals surface area contributed by atoms with Gasteiger partial charge in [0, 0.05) is 28.9 Å². The third-order valence-electron chi connectivity index (χ3n) is 3.24. The standard InChI is InChI=1S/C19H18N4OS/c1-4-24-17-10-15(8-9-16-12-25-14(3)22-16)11-20-19(17)23-18-7-5-6-13(2)21-18/h5-7,10-12H,4H2,1-3H3,(H,20,21,23). The molecule has 3 rings (SSSR count). The highest BCUT2D eigenvalue weighted by atomic mass is 32.1. The second kappa shape index (κ2) is 7.77. The summed E-state index contributed by atoms with van der Waals surface area (Å²) in [6, 6.07) is 7.66. The molecule has 1 N–H and O–H groups in total. The van der Waals surface area contributed by atoms with Gasteiger partial charge in [-0.3, -0.25) is 0 Å². The van der Waals surface area contributed by atoms with Crippen molar-refractivity contribution in [2.45, 2.75) is 20.8 Å². The summed E-state index contributed by atoms with van der Waals surface area (Å²) in [6.07, 6.45) is 1.72. The molecule has 0 aromatic carbocycles. The van der Waals surface area contributed by atoms with Crippen LogP contribution in [0.25, 0.3) is 0 Å². The Balaban J connectivity index is 1.86. The Kier molecular flexibility index (Phi) is 5.26. The summed E-state index contributed by atoms with van der Waals surface area (Å²) in [5.41, 5.74) is 2.48. The zero-order valence-electron chi connectivity index (χ0n) is 14.3. The fraction of sp³-hybridized carbons (Fsp3) is 0.211. The fourth-order valence-electron chi connectivity index (χ4n) is 2.16. The number of anilines is 2. The third-order valence-corrected chi connectivity index (χ3v) is 4.01. The Morgan fingerprint density at radius 3 is 2.80 bits per heavy atom. The van der Waals surface area contributed by atoms with Crippen LogP contribution in [0.3, 0.4) is 0 Å². The van der Waals surface area contributed by atoms with Gasteiger partial charge in [-0.1, -0.05) is 12.0 Å². The van der Waals surface area contributed by atoms with Crippen LogP contribution in [0.1, 0.15) is 28.9 Å². The Morgan fingerprint density at radius 1 is 1.20 bits per heavy atom. The lowest BCUT2D eigenvalue weighted by Crippen LogP contribution is -2.02. The molecule has 0 radical (unpaired) electrons. The number of nitrogens with one attached hydrogen (secondary N) is 1. The zero-order valence-corrected chi connectivity index (χ0v) is 15.1. The van der Waals surface area contributed by atoms with E-state index in [2.05, 4.69) is 32.1 Å². The summed E-state index contributed by atoms with van der Waals surface area (Å²) in [5, 5.41) is 6.14. The van der Waals surface area contributed by atoms with Crippen molar-refractivity contribution in [2.75, 3.05) is 11.9 Å². The Bertz CT molecular complexity index is 940. The van der Waals surface area contributed by atoms with E-state index in [0.717, 1.165) is 27.8 Å². The van der Waals surface area contributed by atoms with Gasteiger partial charge in [0.2, 0.25) is 0 Å². The average molecular weight is 350 g/mol. The molecule has 0 saturated heterocycles. The molecule has 0 fully saturated rings. The molecular weight excluding hydrogens is 332 g/mol. The monoisotopic (exact) mass is 350 g/mol. The first kappa shape index (κ1) is 16.9. The number of aryl methyl sites for hydroxylation is 2. The molecule has 3 heterocycles. The normalized spacial score (nSPS) is 10.0. The van der Waals surface area contributed by atoms with Crippen LogP contribution in [0.4, 0.5) is 11.6 Å². The molecule has 126 valence electrons. The van der Waals surface area contributed by atoms with Crippen molar-refractivity contribution in [3.8, 4) is 17.6 Å². The first-order valence-electron chi connectivity index (χ1n) is 7.91. The second-order valence-corrected chi connectivity index (χ2v) is 6.36. The number of thiazole rings is 1. The molecule has 0 aliphatic rings. The molecule has 3 aromatic rings. The molecule has 0 atom stereocenters. The maximum atomic E-state index is 5.70. The van der Waals surface area contributed by atoms with Crippen molar-refractivity contribution < 1.29 is 4.74 Å². The van der Waals surface area contributed by atoms with Crippen LogP contribution in [0.5, 0.6) is 5.75 Å². The maximum Gasteiger partial charge on any atom is 0.174 e. The Morgan fingerprint density at radius 2 is 2.08 bits per heavy atom. The number of ether oxygens (including phenoxy) is 1. The maximum absolute atomic E-state index is 5.70. The van der Waals surface area contributed by atoms with E-state index in [9.17, 15) is 0 Å². The van der Waals surface area contributed by atoms with Gasteiger partial charge in [0.1, 0.15) is 11.5 Å². The predicted octanol–water partition coefficient (Wildman–Crippen LogP) is 4.09. The van der Waals surface area contributed by atoms with Crippen molar-refractivity contribution in [3.05, 3.63) is 57.8 Å². The number of rotatable bonds is 4. The van der Waals surface area contributed by atoms with E-state index in [4.69, 9.17) is 4.74 Å². The van der Waals surface area contributed by atoms with E-state index in [1.54, 1.807) is 17.5 Å². The minimum atomic E-state index is 0.541. The highest BCUT2D eigenvalue weighted by Crippen LogP contribution is 2.25. The van der Waals surface area contributed by atoms with E-state index in [0.29, 0.717) is 18.2 Å². The molecule has 0 amide bonds. The minimum absolute atomic E-state index is 0.541. The molecule has 6 heteroatoms. The lowest BCUT2D eigenvalue weighted by Gasteiger charge is -2.11. The lowest BCUT2D eigenvalue weighted by molar-refractivity contribution is 0.340. The number of pyridine rings is 2. The van der Waals surface area contributed by atoms with Crippen LogP contribution < -0.4 is 10.1 Å². The van der Waals surface area contributed by atoms with Gasteiger partial charge in [-0.25, -0.2) is 15.0 Å². The third kappa shape index (κ3) is 4.55. The first-order valence-corrected chi connectivity index (χ1v) is 8.79. The quantitative estimate of drug-likeness (QED) is 0.718. The summed E-state index contributed by atoms with van der Waals surface area (Å²) in [6.45, 7) is 6.39.